The second kappa shape index (κ2) is 3.14. The second-order valence-corrected chi connectivity index (χ2v) is 2.37. The molecular weight excluding hydrogens is 142 g/mol. The third-order valence-electron chi connectivity index (χ3n) is 1.48. The Hall–Kier alpha value is -1.38. The van der Waals surface area contributed by atoms with Gasteiger partial charge in [-0.1, -0.05) is 0 Å². The van der Waals surface area contributed by atoms with Gasteiger partial charge in [0.15, 0.2) is 0 Å². The summed E-state index contributed by atoms with van der Waals surface area (Å²) in [6, 6.07) is 1.73. The monoisotopic (exact) mass is 151 g/mol. The largest absolute Gasteiger partial charge is 0.481 e. The molecule has 0 atom stereocenters. The number of carboxylic acid groups (broad SMARTS) is 1. The highest BCUT2D eigenvalue weighted by Gasteiger charge is 2.01. The van der Waals surface area contributed by atoms with Gasteiger partial charge in [0.05, 0.1) is 6.42 Å². The highest BCUT2D eigenvalue weighted by molar-refractivity contribution is 5.70. The van der Waals surface area contributed by atoms with Crippen LogP contribution in [0.3, 0.4) is 0 Å². The van der Waals surface area contributed by atoms with Gasteiger partial charge in [-0.2, -0.15) is 0 Å². The zero-order valence-electron chi connectivity index (χ0n) is 6.24. The third-order valence-corrected chi connectivity index (χ3v) is 1.48. The van der Waals surface area contributed by atoms with Crippen molar-refractivity contribution in [3.63, 3.8) is 0 Å². The highest BCUT2D eigenvalue weighted by Crippen LogP contribution is 2.04. The van der Waals surface area contributed by atoms with Crippen LogP contribution in [0.5, 0.6) is 0 Å². The van der Waals surface area contributed by atoms with Crippen molar-refractivity contribution in [3.8, 4) is 0 Å². The fourth-order valence-corrected chi connectivity index (χ4v) is 0.863. The van der Waals surface area contributed by atoms with Crippen LogP contribution in [-0.2, 0) is 11.2 Å². The molecule has 1 rings (SSSR count). The Morgan fingerprint density at radius 2 is 2.45 bits per heavy atom. The van der Waals surface area contributed by atoms with E-state index in [4.69, 9.17) is 5.11 Å². The van der Waals surface area contributed by atoms with Crippen molar-refractivity contribution in [1.29, 1.82) is 0 Å². The lowest BCUT2D eigenvalue weighted by molar-refractivity contribution is -0.136. The normalized spacial score (nSPS) is 9.55. The molecule has 3 heteroatoms. The molecule has 0 aliphatic heterocycles. The number of aryl methyl sites for hydroxylation is 1. The molecule has 1 aromatic heterocycles. The molecule has 0 radical (unpaired) electrons. The van der Waals surface area contributed by atoms with Gasteiger partial charge in [-0.25, -0.2) is 0 Å². The van der Waals surface area contributed by atoms with E-state index in [1.165, 1.54) is 0 Å². The number of rotatable bonds is 2. The van der Waals surface area contributed by atoms with E-state index in [1.54, 1.807) is 18.5 Å². The number of aliphatic carboxylic acids is 1. The predicted octanol–water partition coefficient (Wildman–Crippen LogP) is 1.02. The molecule has 1 N–H and O–H groups in total. The van der Waals surface area contributed by atoms with Crippen molar-refractivity contribution in [2.45, 2.75) is 13.3 Å². The zero-order valence-corrected chi connectivity index (χ0v) is 6.24. The fourth-order valence-electron chi connectivity index (χ4n) is 0.863. The number of carboxylic acids is 1. The minimum atomic E-state index is -0.806. The molecule has 0 fully saturated rings. The Bertz CT molecular complexity index is 271. The van der Waals surface area contributed by atoms with Crippen LogP contribution in [0.2, 0.25) is 0 Å². The predicted molar refractivity (Wildman–Crippen MR) is 40.3 cm³/mol. The minimum absolute atomic E-state index is 0.0777. The Kier molecular flexibility index (Phi) is 2.21. The summed E-state index contributed by atoms with van der Waals surface area (Å²) in [5, 5.41) is 8.47. The maximum Gasteiger partial charge on any atom is 0.307 e. The lowest BCUT2D eigenvalue weighted by Gasteiger charge is -1.99. The van der Waals surface area contributed by atoms with Gasteiger partial charge < -0.3 is 5.11 Å². The number of hydrogen-bond donors (Lipinski definition) is 1. The van der Waals surface area contributed by atoms with Crippen LogP contribution in [-0.4, -0.2) is 16.1 Å². The van der Waals surface area contributed by atoms with Crippen LogP contribution in [0.1, 0.15) is 11.1 Å². The number of carbonyl (C=O) groups is 1. The van der Waals surface area contributed by atoms with Crippen LogP contribution in [0.15, 0.2) is 18.5 Å². The molecule has 58 valence electrons. The maximum atomic E-state index is 10.3. The smallest absolute Gasteiger partial charge is 0.307 e. The topological polar surface area (TPSA) is 50.2 Å². The van der Waals surface area contributed by atoms with Gasteiger partial charge in [0.1, 0.15) is 0 Å². The summed E-state index contributed by atoms with van der Waals surface area (Å²) in [6.07, 6.45) is 3.35. The van der Waals surface area contributed by atoms with Gasteiger partial charge in [-0.05, 0) is 24.1 Å². The van der Waals surface area contributed by atoms with Gasteiger partial charge in [0.25, 0.3) is 0 Å². The number of pyridine rings is 1. The lowest BCUT2D eigenvalue weighted by Crippen LogP contribution is -2.01. The summed E-state index contributed by atoms with van der Waals surface area (Å²) in [4.78, 5) is 14.2. The van der Waals surface area contributed by atoms with Crippen LogP contribution < -0.4 is 0 Å². The van der Waals surface area contributed by atoms with Crippen LogP contribution in [0, 0.1) is 6.92 Å². The van der Waals surface area contributed by atoms with Crippen LogP contribution >= 0.6 is 0 Å². The third kappa shape index (κ3) is 2.04. The van der Waals surface area contributed by atoms with Crippen molar-refractivity contribution in [1.82, 2.24) is 4.98 Å². The van der Waals surface area contributed by atoms with Crippen molar-refractivity contribution >= 4 is 5.97 Å². The molecule has 11 heavy (non-hydrogen) atoms. The van der Waals surface area contributed by atoms with E-state index >= 15 is 0 Å². The molecule has 1 aromatic rings. The van der Waals surface area contributed by atoms with E-state index in [1.807, 2.05) is 6.92 Å². The molecule has 1 heterocycles. The molecular formula is C8H9NO2. The second-order valence-electron chi connectivity index (χ2n) is 2.37. The van der Waals surface area contributed by atoms with Crippen molar-refractivity contribution in [3.05, 3.63) is 29.6 Å². The number of hydrogen-bond acceptors (Lipinski definition) is 2. The molecule has 3 nitrogen and oxygen atoms in total. The van der Waals surface area contributed by atoms with E-state index in [0.717, 1.165) is 11.1 Å². The van der Waals surface area contributed by atoms with E-state index in [-0.39, 0.29) is 6.42 Å². The van der Waals surface area contributed by atoms with Gasteiger partial charge in [-0.15, -0.1) is 0 Å². The first-order valence-corrected chi connectivity index (χ1v) is 3.31. The molecule has 0 aromatic carbocycles. The van der Waals surface area contributed by atoms with Gasteiger partial charge >= 0.3 is 5.97 Å². The molecule has 0 saturated carbocycles. The molecule has 0 amide bonds. The quantitative estimate of drug-likeness (QED) is 0.686. The molecule has 0 saturated heterocycles. The molecule has 0 unspecified atom stereocenters. The first-order valence-electron chi connectivity index (χ1n) is 3.31. The van der Waals surface area contributed by atoms with Crippen LogP contribution in [0.4, 0.5) is 0 Å². The first kappa shape index (κ1) is 7.72. The first-order chi connectivity index (χ1) is 5.20. The van der Waals surface area contributed by atoms with E-state index in [9.17, 15) is 4.79 Å². The Balaban J connectivity index is 2.86. The maximum absolute atomic E-state index is 10.3. The summed E-state index contributed by atoms with van der Waals surface area (Å²) in [6.45, 7) is 1.85. The number of aromatic nitrogens is 1. The van der Waals surface area contributed by atoms with Gasteiger partial charge in [0, 0.05) is 12.4 Å². The van der Waals surface area contributed by atoms with Gasteiger partial charge in [0.2, 0.25) is 0 Å². The van der Waals surface area contributed by atoms with E-state index < -0.39 is 5.97 Å². The molecule has 0 bridgehead atoms. The minimum Gasteiger partial charge on any atom is -0.481 e. The fraction of sp³-hybridized carbons (Fsp3) is 0.250. The summed E-state index contributed by atoms with van der Waals surface area (Å²) in [5.41, 5.74) is 1.75. The average molecular weight is 151 g/mol. The lowest BCUT2D eigenvalue weighted by atomic mass is 10.1. The highest BCUT2D eigenvalue weighted by atomic mass is 16.4. The van der Waals surface area contributed by atoms with E-state index in [2.05, 4.69) is 4.98 Å². The van der Waals surface area contributed by atoms with Gasteiger partial charge in [-0.3, -0.25) is 9.78 Å². The Morgan fingerprint density at radius 1 is 1.73 bits per heavy atom. The number of nitrogens with zero attached hydrogens (tertiary/aromatic N) is 1. The summed E-state index contributed by atoms with van der Waals surface area (Å²) in [5.74, 6) is -0.806. The van der Waals surface area contributed by atoms with E-state index in [0.29, 0.717) is 0 Å². The molecule has 0 spiro atoms. The standard InChI is InChI=1S/C8H9NO2/c1-6-5-9-3-2-7(6)4-8(10)11/h2-3,5H,4H2,1H3,(H,10,11). The summed E-state index contributed by atoms with van der Waals surface area (Å²) < 4.78 is 0. The SMILES string of the molecule is Cc1cnccc1CC(=O)O. The molecule has 0 aliphatic rings. The van der Waals surface area contributed by atoms with Crippen LogP contribution in [0.25, 0.3) is 0 Å². The Labute approximate surface area is 64.7 Å². The average Bonchev–Trinajstić information content (AvgIpc) is 1.93. The van der Waals surface area contributed by atoms with Crippen molar-refractivity contribution in [2.75, 3.05) is 0 Å². The van der Waals surface area contributed by atoms with Crippen molar-refractivity contribution in [2.24, 2.45) is 0 Å². The zero-order chi connectivity index (χ0) is 8.27. The van der Waals surface area contributed by atoms with Crippen molar-refractivity contribution < 1.29 is 9.90 Å². The molecule has 0 aliphatic carbocycles. The summed E-state index contributed by atoms with van der Waals surface area (Å²) in [7, 11) is 0. The summed E-state index contributed by atoms with van der Waals surface area (Å²) >= 11 is 0. The Morgan fingerprint density at radius 3 is 3.00 bits per heavy atom.